The van der Waals surface area contributed by atoms with E-state index in [2.05, 4.69) is 0 Å². The average molecular weight is 251 g/mol. The number of aliphatic carboxylic acids is 1. The van der Waals surface area contributed by atoms with E-state index in [0.29, 0.717) is 18.7 Å². The molecule has 0 unspecified atom stereocenters. The van der Waals surface area contributed by atoms with Crippen LogP contribution >= 0.6 is 0 Å². The minimum Gasteiger partial charge on any atom is -0.507 e. The minimum absolute atomic E-state index is 0.183. The molecule has 0 fully saturated rings. The number of benzene rings is 1. The summed E-state index contributed by atoms with van der Waals surface area (Å²) in [4.78, 5) is 12.5. The number of phenols is 1. The quantitative estimate of drug-likeness (QED) is 0.813. The summed E-state index contributed by atoms with van der Waals surface area (Å²) in [7, 11) is 3.90. The van der Waals surface area contributed by atoms with Crippen molar-refractivity contribution in [1.82, 2.24) is 4.90 Å². The van der Waals surface area contributed by atoms with Crippen LogP contribution in [0.3, 0.4) is 0 Å². The number of hydrogen-bond donors (Lipinski definition) is 2. The van der Waals surface area contributed by atoms with Crippen LogP contribution < -0.4 is 0 Å². The van der Waals surface area contributed by atoms with E-state index in [1.807, 2.05) is 38.1 Å². The zero-order valence-corrected chi connectivity index (χ0v) is 11.2. The number of phenolic OH excluding ortho intramolecular Hbond substituents is 1. The highest BCUT2D eigenvalue weighted by Crippen LogP contribution is 2.25. The predicted molar refractivity (Wildman–Crippen MR) is 70.8 cm³/mol. The third-order valence-corrected chi connectivity index (χ3v) is 2.78. The Morgan fingerprint density at radius 3 is 2.56 bits per heavy atom. The van der Waals surface area contributed by atoms with Crippen molar-refractivity contribution in [3.63, 3.8) is 0 Å². The molecule has 0 spiro atoms. The molecule has 0 bridgehead atoms. The van der Waals surface area contributed by atoms with Crippen molar-refractivity contribution in [2.24, 2.45) is 0 Å². The fourth-order valence-electron chi connectivity index (χ4n) is 1.98. The van der Waals surface area contributed by atoms with E-state index >= 15 is 0 Å². The van der Waals surface area contributed by atoms with Gasteiger partial charge in [-0.05, 0) is 45.0 Å². The maximum Gasteiger partial charge on any atom is 0.303 e. The van der Waals surface area contributed by atoms with Crippen molar-refractivity contribution in [1.29, 1.82) is 0 Å². The number of aromatic hydroxyl groups is 1. The fraction of sp³-hybridized carbons (Fsp3) is 0.500. The minimum atomic E-state index is -0.765. The number of carbonyl (C=O) groups is 1. The van der Waals surface area contributed by atoms with Crippen LogP contribution in [0.1, 0.15) is 29.5 Å². The Labute approximate surface area is 108 Å². The first kappa shape index (κ1) is 14.5. The molecule has 0 aliphatic rings. The van der Waals surface area contributed by atoms with Crippen LogP contribution in [0.25, 0.3) is 0 Å². The molecule has 0 amide bonds. The van der Waals surface area contributed by atoms with Crippen LogP contribution in [0, 0.1) is 6.92 Å². The van der Waals surface area contributed by atoms with Gasteiger partial charge < -0.3 is 15.1 Å². The highest BCUT2D eigenvalue weighted by molar-refractivity contribution is 5.66. The Morgan fingerprint density at radius 1 is 1.33 bits per heavy atom. The Hall–Kier alpha value is -1.55. The first-order valence-corrected chi connectivity index (χ1v) is 6.08. The number of aryl methyl sites for hydroxylation is 2. The zero-order chi connectivity index (χ0) is 13.7. The van der Waals surface area contributed by atoms with Crippen LogP contribution in [-0.2, 0) is 17.8 Å². The molecule has 0 atom stereocenters. The summed E-state index contributed by atoms with van der Waals surface area (Å²) >= 11 is 0. The Morgan fingerprint density at radius 2 is 2.00 bits per heavy atom. The first-order valence-electron chi connectivity index (χ1n) is 6.08. The molecule has 0 heterocycles. The number of nitrogens with zero attached hydrogens (tertiary/aromatic N) is 1. The molecule has 2 N–H and O–H groups in total. The summed E-state index contributed by atoms with van der Waals surface area (Å²) in [5.41, 5.74) is 2.83. The second-order valence-corrected chi connectivity index (χ2v) is 4.91. The van der Waals surface area contributed by atoms with Gasteiger partial charge in [0.05, 0.1) is 0 Å². The summed E-state index contributed by atoms with van der Waals surface area (Å²) in [5.74, 6) is -0.426. The standard InChI is InChI=1S/C14H21NO3/c1-10-7-11(5-4-6-13(16)17)8-12(14(10)18)9-15(2)3/h7-8,18H,4-6,9H2,1-3H3,(H,16,17). The third-order valence-electron chi connectivity index (χ3n) is 2.78. The molecule has 0 aromatic heterocycles. The molecule has 0 radical (unpaired) electrons. The predicted octanol–water partition coefficient (Wildman–Crippen LogP) is 2.17. The van der Waals surface area contributed by atoms with Crippen LogP contribution in [0.15, 0.2) is 12.1 Å². The van der Waals surface area contributed by atoms with E-state index in [-0.39, 0.29) is 6.42 Å². The third kappa shape index (κ3) is 4.37. The molecular formula is C14H21NO3. The van der Waals surface area contributed by atoms with E-state index in [9.17, 15) is 9.90 Å². The molecule has 0 aliphatic carbocycles. The second-order valence-electron chi connectivity index (χ2n) is 4.91. The van der Waals surface area contributed by atoms with Crippen LogP contribution in [0.5, 0.6) is 5.75 Å². The maximum atomic E-state index is 10.5. The SMILES string of the molecule is Cc1cc(CCCC(=O)O)cc(CN(C)C)c1O. The van der Waals surface area contributed by atoms with Crippen molar-refractivity contribution in [2.45, 2.75) is 32.7 Å². The van der Waals surface area contributed by atoms with Gasteiger partial charge in [0.1, 0.15) is 5.75 Å². The molecule has 1 rings (SSSR count). The Balaban J connectivity index is 2.80. The Kier molecular flexibility index (Phi) is 5.16. The van der Waals surface area contributed by atoms with E-state index in [1.165, 1.54) is 0 Å². The van der Waals surface area contributed by atoms with Gasteiger partial charge in [-0.25, -0.2) is 0 Å². The smallest absolute Gasteiger partial charge is 0.303 e. The summed E-state index contributed by atoms with van der Waals surface area (Å²) in [5, 5.41) is 18.6. The topological polar surface area (TPSA) is 60.8 Å². The molecule has 4 nitrogen and oxygen atoms in total. The fourth-order valence-corrected chi connectivity index (χ4v) is 1.98. The molecule has 1 aromatic rings. The van der Waals surface area contributed by atoms with Gasteiger partial charge >= 0.3 is 5.97 Å². The summed E-state index contributed by atoms with van der Waals surface area (Å²) in [6, 6.07) is 3.89. The normalized spacial score (nSPS) is 10.9. The maximum absolute atomic E-state index is 10.5. The highest BCUT2D eigenvalue weighted by Gasteiger charge is 2.08. The summed E-state index contributed by atoms with van der Waals surface area (Å²) < 4.78 is 0. The van der Waals surface area contributed by atoms with Crippen LogP contribution in [0.4, 0.5) is 0 Å². The molecule has 100 valence electrons. The van der Waals surface area contributed by atoms with Crippen molar-refractivity contribution in [3.8, 4) is 5.75 Å². The van der Waals surface area contributed by atoms with Gasteiger partial charge in [0.15, 0.2) is 0 Å². The highest BCUT2D eigenvalue weighted by atomic mass is 16.4. The lowest BCUT2D eigenvalue weighted by atomic mass is 10.0. The van der Waals surface area contributed by atoms with Gasteiger partial charge in [0.25, 0.3) is 0 Å². The van der Waals surface area contributed by atoms with Crippen LogP contribution in [0.2, 0.25) is 0 Å². The Bertz CT molecular complexity index is 427. The van der Waals surface area contributed by atoms with Crippen molar-refractivity contribution >= 4 is 5.97 Å². The van der Waals surface area contributed by atoms with Gasteiger partial charge in [-0.2, -0.15) is 0 Å². The molecule has 0 saturated carbocycles. The van der Waals surface area contributed by atoms with E-state index in [1.54, 1.807) is 0 Å². The van der Waals surface area contributed by atoms with E-state index < -0.39 is 5.97 Å². The summed E-state index contributed by atoms with van der Waals surface area (Å²) in [6.07, 6.45) is 1.54. The van der Waals surface area contributed by atoms with E-state index in [0.717, 1.165) is 23.1 Å². The number of rotatable bonds is 6. The van der Waals surface area contributed by atoms with E-state index in [4.69, 9.17) is 5.11 Å². The zero-order valence-electron chi connectivity index (χ0n) is 11.2. The monoisotopic (exact) mass is 251 g/mol. The van der Waals surface area contributed by atoms with Crippen LogP contribution in [-0.4, -0.2) is 35.2 Å². The van der Waals surface area contributed by atoms with Crippen molar-refractivity contribution in [2.75, 3.05) is 14.1 Å². The number of carboxylic acids is 1. The lowest BCUT2D eigenvalue weighted by Crippen LogP contribution is -2.11. The van der Waals surface area contributed by atoms with Gasteiger partial charge in [-0.1, -0.05) is 12.1 Å². The molecule has 0 aliphatic heterocycles. The first-order chi connectivity index (χ1) is 8.40. The van der Waals surface area contributed by atoms with Gasteiger partial charge in [-0.15, -0.1) is 0 Å². The molecule has 0 saturated heterocycles. The second kappa shape index (κ2) is 6.40. The van der Waals surface area contributed by atoms with Gasteiger partial charge in [0, 0.05) is 18.5 Å². The molecule has 18 heavy (non-hydrogen) atoms. The summed E-state index contributed by atoms with van der Waals surface area (Å²) in [6.45, 7) is 2.55. The van der Waals surface area contributed by atoms with Crippen molar-refractivity contribution < 1.29 is 15.0 Å². The van der Waals surface area contributed by atoms with Gasteiger partial charge in [0.2, 0.25) is 0 Å². The lowest BCUT2D eigenvalue weighted by Gasteiger charge is -2.14. The van der Waals surface area contributed by atoms with Crippen molar-refractivity contribution in [3.05, 3.63) is 28.8 Å². The lowest BCUT2D eigenvalue weighted by molar-refractivity contribution is -0.137. The van der Waals surface area contributed by atoms with Gasteiger partial charge in [-0.3, -0.25) is 4.79 Å². The average Bonchev–Trinajstić information content (AvgIpc) is 2.24. The molecular weight excluding hydrogens is 230 g/mol. The molecule has 4 heteroatoms. The number of carboxylic acid groups (broad SMARTS) is 1. The number of hydrogen-bond acceptors (Lipinski definition) is 3. The largest absolute Gasteiger partial charge is 0.507 e. The molecule has 1 aromatic carbocycles.